The number of hydrogen-bond acceptors (Lipinski definition) is 9. The number of carbonyl (C=O) groups excluding carboxylic acids is 4. The summed E-state index contributed by atoms with van der Waals surface area (Å²) in [4.78, 5) is 57.1. The summed E-state index contributed by atoms with van der Waals surface area (Å²) >= 11 is 0. The quantitative estimate of drug-likeness (QED) is 0.139. The third kappa shape index (κ3) is 9.81. The predicted octanol–water partition coefficient (Wildman–Crippen LogP) is 10.3. The van der Waals surface area contributed by atoms with Gasteiger partial charge in [-0.2, -0.15) is 0 Å². The lowest BCUT2D eigenvalue weighted by Gasteiger charge is -2.31. The second-order valence-electron chi connectivity index (χ2n) is 17.0. The van der Waals surface area contributed by atoms with Crippen molar-refractivity contribution in [2.24, 2.45) is 35.5 Å². The van der Waals surface area contributed by atoms with Crippen molar-refractivity contribution in [3.8, 4) is 22.6 Å². The van der Waals surface area contributed by atoms with Crippen LogP contribution in [0.25, 0.3) is 21.9 Å². The van der Waals surface area contributed by atoms with Gasteiger partial charge in [0.25, 0.3) is 0 Å². The first-order valence-electron chi connectivity index (χ1n) is 21.6. The van der Waals surface area contributed by atoms with Crippen LogP contribution in [0, 0.1) is 35.5 Å². The van der Waals surface area contributed by atoms with Crippen molar-refractivity contribution in [1.29, 1.82) is 0 Å². The van der Waals surface area contributed by atoms with Crippen LogP contribution in [-0.2, 0) is 28.7 Å². The summed E-state index contributed by atoms with van der Waals surface area (Å²) in [5, 5.41) is 1.34. The summed E-state index contributed by atoms with van der Waals surface area (Å²) in [6.07, 6.45) is 18.5. The van der Waals surface area contributed by atoms with Gasteiger partial charge in [0, 0.05) is 23.2 Å². The number of benzene rings is 2. The molecule has 56 heavy (non-hydrogen) atoms. The number of nitrogens with zero attached hydrogens (tertiary/aromatic N) is 1. The van der Waals surface area contributed by atoms with Crippen LogP contribution in [0.1, 0.15) is 129 Å². The van der Waals surface area contributed by atoms with Gasteiger partial charge in [-0.1, -0.05) is 32.8 Å². The van der Waals surface area contributed by atoms with Crippen LogP contribution >= 0.6 is 0 Å². The maximum atomic E-state index is 13.6. The highest BCUT2D eigenvalue weighted by atomic mass is 16.6. The van der Waals surface area contributed by atoms with Crippen LogP contribution in [0.3, 0.4) is 0 Å². The van der Waals surface area contributed by atoms with Crippen molar-refractivity contribution < 1.29 is 38.1 Å². The molecule has 4 saturated carbocycles. The highest BCUT2D eigenvalue weighted by molar-refractivity contribution is 5.98. The molecule has 300 valence electrons. The molecule has 9 nitrogen and oxygen atoms in total. The Hall–Kier alpha value is -4.27. The van der Waals surface area contributed by atoms with E-state index in [4.69, 9.17) is 18.9 Å². The molecule has 0 atom stereocenters. The molecule has 4 aliphatic rings. The number of pyridine rings is 1. The fourth-order valence-electron chi connectivity index (χ4n) is 9.55. The molecule has 9 heteroatoms. The lowest BCUT2D eigenvalue weighted by molar-refractivity contribution is -0.159. The van der Waals surface area contributed by atoms with Gasteiger partial charge in [-0.3, -0.25) is 24.2 Å². The van der Waals surface area contributed by atoms with E-state index in [1.54, 1.807) is 24.5 Å². The van der Waals surface area contributed by atoms with Gasteiger partial charge in [0.05, 0.1) is 23.7 Å². The van der Waals surface area contributed by atoms with Gasteiger partial charge in [0.1, 0.15) is 23.7 Å². The van der Waals surface area contributed by atoms with Gasteiger partial charge in [0.15, 0.2) is 0 Å². The second-order valence-corrected chi connectivity index (χ2v) is 17.0. The van der Waals surface area contributed by atoms with Crippen LogP contribution in [-0.4, -0.2) is 41.1 Å². The summed E-state index contributed by atoms with van der Waals surface area (Å²) in [6.45, 7) is 4.44. The minimum absolute atomic E-state index is 0.000603. The van der Waals surface area contributed by atoms with Gasteiger partial charge < -0.3 is 18.9 Å². The number of aromatic nitrogens is 1. The van der Waals surface area contributed by atoms with Crippen molar-refractivity contribution in [1.82, 2.24) is 4.98 Å². The first-order valence-corrected chi connectivity index (χ1v) is 21.6. The van der Waals surface area contributed by atoms with Gasteiger partial charge in [-0.15, -0.1) is 0 Å². The minimum Gasteiger partial charge on any atom is -0.462 e. The fourth-order valence-corrected chi connectivity index (χ4v) is 9.55. The Morgan fingerprint density at radius 3 is 1.34 bits per heavy atom. The fraction of sp³-hybridized carbons (Fsp3) is 0.596. The molecule has 0 saturated heterocycles. The number of carbonyl (C=O) groups is 4. The molecule has 0 spiro atoms. The Balaban J connectivity index is 0.967. The molecule has 3 aromatic rings. The van der Waals surface area contributed by atoms with E-state index >= 15 is 0 Å². The first-order chi connectivity index (χ1) is 27.3. The van der Waals surface area contributed by atoms with E-state index in [1.165, 1.54) is 12.8 Å². The molecule has 1 aromatic heterocycles. The summed E-state index contributed by atoms with van der Waals surface area (Å²) in [5.74, 6) is 0.917. The molecule has 4 aliphatic carbocycles. The van der Waals surface area contributed by atoms with Crippen LogP contribution in [0.2, 0.25) is 0 Å². The van der Waals surface area contributed by atoms with E-state index in [-0.39, 0.29) is 59.8 Å². The maximum Gasteiger partial charge on any atom is 0.314 e. The zero-order chi connectivity index (χ0) is 39.0. The lowest BCUT2D eigenvalue weighted by Crippen LogP contribution is -2.32. The number of rotatable bonds is 11. The SMILES string of the molecule is CCC1CCC(C(=O)OC2CCC(C(=O)Oc3ccc(OC(=O)C4CCC(OC(=O)C5CCC(CC)CC5)CC4)c4cc(-c5ccncc5)ccc34)CC2)CC1. The van der Waals surface area contributed by atoms with E-state index < -0.39 is 0 Å². The van der Waals surface area contributed by atoms with E-state index in [9.17, 15) is 19.2 Å². The van der Waals surface area contributed by atoms with Crippen LogP contribution < -0.4 is 9.47 Å². The van der Waals surface area contributed by atoms with Crippen molar-refractivity contribution in [2.45, 2.75) is 142 Å². The van der Waals surface area contributed by atoms with Crippen LogP contribution in [0.4, 0.5) is 0 Å². The Kier molecular flexibility index (Phi) is 13.4. The molecule has 2 aromatic carbocycles. The van der Waals surface area contributed by atoms with E-state index in [2.05, 4.69) is 18.8 Å². The average molecular weight is 766 g/mol. The van der Waals surface area contributed by atoms with Crippen molar-refractivity contribution >= 4 is 34.6 Å². The normalized spacial score (nSPS) is 28.2. The molecule has 0 bridgehead atoms. The third-order valence-corrected chi connectivity index (χ3v) is 13.5. The molecule has 7 rings (SSSR count). The Labute approximate surface area is 331 Å². The monoisotopic (exact) mass is 765 g/mol. The molecule has 0 aliphatic heterocycles. The number of ether oxygens (including phenoxy) is 4. The van der Waals surface area contributed by atoms with Gasteiger partial charge in [-0.25, -0.2) is 0 Å². The van der Waals surface area contributed by atoms with Crippen LogP contribution in [0.15, 0.2) is 54.9 Å². The predicted molar refractivity (Wildman–Crippen MR) is 214 cm³/mol. The molecular formula is C47H59NO8. The molecule has 0 radical (unpaired) electrons. The van der Waals surface area contributed by atoms with Gasteiger partial charge >= 0.3 is 23.9 Å². The largest absolute Gasteiger partial charge is 0.462 e. The number of esters is 4. The highest BCUT2D eigenvalue weighted by Gasteiger charge is 2.35. The summed E-state index contributed by atoms with van der Waals surface area (Å²) in [5.41, 5.74) is 1.87. The van der Waals surface area contributed by atoms with Crippen LogP contribution in [0.5, 0.6) is 11.5 Å². The van der Waals surface area contributed by atoms with E-state index in [0.29, 0.717) is 73.6 Å². The summed E-state index contributed by atoms with van der Waals surface area (Å²) in [6, 6.07) is 13.1. The molecule has 4 fully saturated rings. The number of fused-ring (bicyclic) bond motifs is 1. The van der Waals surface area contributed by atoms with Gasteiger partial charge in [-0.05, 0) is 162 Å². The highest BCUT2D eigenvalue weighted by Crippen LogP contribution is 2.40. The molecule has 0 unspecified atom stereocenters. The lowest BCUT2D eigenvalue weighted by atomic mass is 9.81. The van der Waals surface area contributed by atoms with E-state index in [1.807, 2.05) is 30.3 Å². The average Bonchev–Trinajstić information content (AvgIpc) is 3.25. The summed E-state index contributed by atoms with van der Waals surface area (Å²) in [7, 11) is 0. The van der Waals surface area contributed by atoms with E-state index in [0.717, 1.165) is 74.3 Å². The minimum atomic E-state index is -0.306. The van der Waals surface area contributed by atoms with Crippen molar-refractivity contribution in [3.63, 3.8) is 0 Å². The number of hydrogen-bond donors (Lipinski definition) is 0. The van der Waals surface area contributed by atoms with Crippen molar-refractivity contribution in [2.75, 3.05) is 0 Å². The smallest absolute Gasteiger partial charge is 0.314 e. The third-order valence-electron chi connectivity index (χ3n) is 13.5. The maximum absolute atomic E-state index is 13.6. The second kappa shape index (κ2) is 18.8. The van der Waals surface area contributed by atoms with Gasteiger partial charge in [0.2, 0.25) is 0 Å². The first kappa shape index (κ1) is 39.9. The Morgan fingerprint density at radius 1 is 0.482 bits per heavy atom. The molecule has 0 N–H and O–H groups in total. The molecule has 0 amide bonds. The molecule has 1 heterocycles. The topological polar surface area (TPSA) is 118 Å². The zero-order valence-electron chi connectivity index (χ0n) is 33.3. The standard InChI is InChI=1S/C47H59NO8/c1-3-30-5-9-33(10-6-30)44(49)53-38-18-13-35(14-19-38)46(51)55-42-23-24-43(41-29-37(17-22-40(41)42)32-25-27-48-28-26-32)56-47(52)36-15-20-39(21-16-36)54-45(50)34-11-7-31(4-2)8-12-34/h17,22-31,33-36,38-39H,3-16,18-21H2,1-2H3. The Bertz CT molecular complexity index is 1810. The summed E-state index contributed by atoms with van der Waals surface area (Å²) < 4.78 is 24.1. The zero-order valence-corrected chi connectivity index (χ0v) is 33.3. The van der Waals surface area contributed by atoms with Crippen molar-refractivity contribution in [3.05, 3.63) is 54.9 Å². The Morgan fingerprint density at radius 2 is 0.893 bits per heavy atom. The molecular weight excluding hydrogens is 707 g/mol.